The molecule has 1 fully saturated rings. The molecule has 2 N–H and O–H groups in total. The molecule has 0 saturated carbocycles. The number of aromatic carboxylic acids is 1. The number of carboxylic acids is 1. The van der Waals surface area contributed by atoms with E-state index in [4.69, 9.17) is 5.11 Å². The lowest BCUT2D eigenvalue weighted by Gasteiger charge is -2.23. The first kappa shape index (κ1) is 17.2. The normalized spacial score (nSPS) is 19.9. The molecule has 1 aromatic carbocycles. The van der Waals surface area contributed by atoms with Gasteiger partial charge in [-0.15, -0.1) is 11.3 Å². The largest absolute Gasteiger partial charge is 0.478 e. The van der Waals surface area contributed by atoms with E-state index in [1.165, 1.54) is 23.5 Å². The van der Waals surface area contributed by atoms with E-state index in [1.807, 2.05) is 17.5 Å². The van der Waals surface area contributed by atoms with Crippen molar-refractivity contribution in [1.82, 2.24) is 10.2 Å². The van der Waals surface area contributed by atoms with Crippen molar-refractivity contribution in [3.8, 4) is 0 Å². The smallest absolute Gasteiger partial charge is 0.335 e. The van der Waals surface area contributed by atoms with Crippen LogP contribution in [0.4, 0.5) is 0 Å². The molecule has 2 amide bonds. The summed E-state index contributed by atoms with van der Waals surface area (Å²) in [5.74, 6) is -1.70. The third-order valence-electron chi connectivity index (χ3n) is 4.40. The summed E-state index contributed by atoms with van der Waals surface area (Å²) in [7, 11) is 1.72. The summed E-state index contributed by atoms with van der Waals surface area (Å²) in [4.78, 5) is 38.3. The summed E-state index contributed by atoms with van der Waals surface area (Å²) in [5, 5.41) is 13.8. The van der Waals surface area contributed by atoms with Crippen molar-refractivity contribution >= 4 is 29.1 Å². The first-order valence-corrected chi connectivity index (χ1v) is 8.74. The van der Waals surface area contributed by atoms with Crippen LogP contribution in [0.1, 0.15) is 33.3 Å². The Bertz CT molecular complexity index is 803. The molecular weight excluding hydrogens is 340 g/mol. The average Bonchev–Trinajstić information content (AvgIpc) is 3.22. The number of nitrogens with zero attached hydrogens (tertiary/aromatic N) is 1. The van der Waals surface area contributed by atoms with Crippen molar-refractivity contribution in [2.45, 2.75) is 19.0 Å². The van der Waals surface area contributed by atoms with Crippen molar-refractivity contribution in [2.75, 3.05) is 7.05 Å². The molecule has 6 nitrogen and oxygen atoms in total. The Balaban J connectivity index is 1.71. The second-order valence-electron chi connectivity index (χ2n) is 6.00. The Morgan fingerprint density at radius 1 is 1.32 bits per heavy atom. The highest BCUT2D eigenvalue weighted by Gasteiger charge is 2.43. The minimum absolute atomic E-state index is 0.0496. The fourth-order valence-electron chi connectivity index (χ4n) is 3.09. The second kappa shape index (κ2) is 7.06. The molecule has 2 heterocycles. The molecular formula is C18H18N2O4S. The Morgan fingerprint density at radius 2 is 2.12 bits per heavy atom. The van der Waals surface area contributed by atoms with Crippen LogP contribution in [0.2, 0.25) is 0 Å². The molecule has 2 aromatic rings. The fraction of sp³-hybridized carbons (Fsp3) is 0.278. The summed E-state index contributed by atoms with van der Waals surface area (Å²) < 4.78 is 0. The molecule has 2 atom stereocenters. The standard InChI is InChI=1S/C18H18N2O4S/c1-20-15(21)9-13(16(20)14-6-3-7-25-14)17(22)19-10-11-4-2-5-12(8-11)18(23)24/h2-8,13,16H,9-10H2,1H3,(H,19,22)(H,23,24). The van der Waals surface area contributed by atoms with Crippen molar-refractivity contribution in [2.24, 2.45) is 5.92 Å². The number of thiophene rings is 1. The van der Waals surface area contributed by atoms with E-state index < -0.39 is 11.9 Å². The number of rotatable bonds is 5. The van der Waals surface area contributed by atoms with Gasteiger partial charge in [0.15, 0.2) is 0 Å². The van der Waals surface area contributed by atoms with Crippen LogP contribution in [0.15, 0.2) is 41.8 Å². The summed E-state index contributed by atoms with van der Waals surface area (Å²) in [5.41, 5.74) is 0.887. The van der Waals surface area contributed by atoms with Gasteiger partial charge in [-0.3, -0.25) is 9.59 Å². The zero-order valence-electron chi connectivity index (χ0n) is 13.6. The SMILES string of the molecule is CN1C(=O)CC(C(=O)NCc2cccc(C(=O)O)c2)C1c1cccs1. The Morgan fingerprint density at radius 3 is 2.80 bits per heavy atom. The van der Waals surface area contributed by atoms with Gasteiger partial charge in [0, 0.05) is 24.9 Å². The highest BCUT2D eigenvalue weighted by molar-refractivity contribution is 7.10. The van der Waals surface area contributed by atoms with Crippen LogP contribution in [0.3, 0.4) is 0 Å². The molecule has 7 heteroatoms. The van der Waals surface area contributed by atoms with Crippen LogP contribution >= 0.6 is 11.3 Å². The maximum absolute atomic E-state index is 12.6. The van der Waals surface area contributed by atoms with Gasteiger partial charge in [0.25, 0.3) is 0 Å². The molecule has 0 spiro atoms. The number of carbonyl (C=O) groups excluding carboxylic acids is 2. The zero-order chi connectivity index (χ0) is 18.0. The van der Waals surface area contributed by atoms with E-state index in [0.29, 0.717) is 5.56 Å². The highest BCUT2D eigenvalue weighted by Crippen LogP contribution is 2.39. The lowest BCUT2D eigenvalue weighted by molar-refractivity contribution is -0.128. The van der Waals surface area contributed by atoms with E-state index in [2.05, 4.69) is 5.32 Å². The van der Waals surface area contributed by atoms with Gasteiger partial charge >= 0.3 is 5.97 Å². The molecule has 1 aliphatic heterocycles. The highest BCUT2D eigenvalue weighted by atomic mass is 32.1. The molecule has 130 valence electrons. The van der Waals surface area contributed by atoms with E-state index in [9.17, 15) is 14.4 Å². The monoisotopic (exact) mass is 358 g/mol. The topological polar surface area (TPSA) is 86.7 Å². The molecule has 3 rings (SSSR count). The molecule has 0 radical (unpaired) electrons. The number of hydrogen-bond donors (Lipinski definition) is 2. The summed E-state index contributed by atoms with van der Waals surface area (Å²) >= 11 is 1.53. The third-order valence-corrected chi connectivity index (χ3v) is 5.34. The number of likely N-dealkylation sites (tertiary alicyclic amines) is 1. The molecule has 1 aliphatic rings. The minimum Gasteiger partial charge on any atom is -0.478 e. The zero-order valence-corrected chi connectivity index (χ0v) is 14.5. The second-order valence-corrected chi connectivity index (χ2v) is 6.98. The number of nitrogens with one attached hydrogen (secondary N) is 1. The molecule has 0 bridgehead atoms. The van der Waals surface area contributed by atoms with Crippen molar-refractivity contribution in [3.05, 3.63) is 57.8 Å². The lowest BCUT2D eigenvalue weighted by atomic mass is 9.97. The predicted molar refractivity (Wildman–Crippen MR) is 93.2 cm³/mol. The summed E-state index contributed by atoms with van der Waals surface area (Å²) in [6, 6.07) is 10.0. The van der Waals surface area contributed by atoms with Crippen LogP contribution < -0.4 is 5.32 Å². The Hall–Kier alpha value is -2.67. The first-order valence-electron chi connectivity index (χ1n) is 7.86. The molecule has 0 aliphatic carbocycles. The third kappa shape index (κ3) is 3.56. The van der Waals surface area contributed by atoms with Gasteiger partial charge < -0.3 is 15.3 Å². The van der Waals surface area contributed by atoms with Gasteiger partial charge in [0.2, 0.25) is 11.8 Å². The van der Waals surface area contributed by atoms with Gasteiger partial charge in [-0.25, -0.2) is 4.79 Å². The van der Waals surface area contributed by atoms with Crippen LogP contribution in [-0.2, 0) is 16.1 Å². The summed E-state index contributed by atoms with van der Waals surface area (Å²) in [6.07, 6.45) is 0.181. The van der Waals surface area contributed by atoms with E-state index in [0.717, 1.165) is 4.88 Å². The van der Waals surface area contributed by atoms with Crippen LogP contribution in [0.25, 0.3) is 0 Å². The van der Waals surface area contributed by atoms with Gasteiger partial charge in [0.1, 0.15) is 0 Å². The number of benzene rings is 1. The quantitative estimate of drug-likeness (QED) is 0.858. The van der Waals surface area contributed by atoms with Gasteiger partial charge in [-0.2, -0.15) is 0 Å². The molecule has 2 unspecified atom stereocenters. The Labute approximate surface area is 149 Å². The van der Waals surface area contributed by atoms with E-state index >= 15 is 0 Å². The van der Waals surface area contributed by atoms with Crippen LogP contribution in [0, 0.1) is 5.92 Å². The van der Waals surface area contributed by atoms with Crippen molar-refractivity contribution in [1.29, 1.82) is 0 Å². The average molecular weight is 358 g/mol. The number of carboxylic acid groups (broad SMARTS) is 1. The predicted octanol–water partition coefficient (Wildman–Crippen LogP) is 2.28. The maximum atomic E-state index is 12.6. The first-order chi connectivity index (χ1) is 12.0. The van der Waals surface area contributed by atoms with Gasteiger partial charge in [-0.1, -0.05) is 18.2 Å². The number of carbonyl (C=O) groups is 3. The van der Waals surface area contributed by atoms with Gasteiger partial charge in [-0.05, 0) is 29.1 Å². The lowest BCUT2D eigenvalue weighted by Crippen LogP contribution is -2.34. The van der Waals surface area contributed by atoms with Crippen molar-refractivity contribution in [3.63, 3.8) is 0 Å². The van der Waals surface area contributed by atoms with Crippen LogP contribution in [0.5, 0.6) is 0 Å². The van der Waals surface area contributed by atoms with E-state index in [1.54, 1.807) is 24.1 Å². The fourth-order valence-corrected chi connectivity index (χ4v) is 4.02. The van der Waals surface area contributed by atoms with E-state index in [-0.39, 0.29) is 36.4 Å². The van der Waals surface area contributed by atoms with Gasteiger partial charge in [0.05, 0.1) is 17.5 Å². The minimum atomic E-state index is -1.01. The maximum Gasteiger partial charge on any atom is 0.335 e. The van der Waals surface area contributed by atoms with Crippen LogP contribution in [-0.4, -0.2) is 34.8 Å². The van der Waals surface area contributed by atoms with Crippen molar-refractivity contribution < 1.29 is 19.5 Å². The number of hydrogen-bond acceptors (Lipinski definition) is 4. The summed E-state index contributed by atoms with van der Waals surface area (Å²) in [6.45, 7) is 0.228. The molecule has 1 saturated heterocycles. The molecule has 1 aromatic heterocycles. The number of amides is 2. The molecule has 25 heavy (non-hydrogen) atoms. The Kier molecular flexibility index (Phi) is 4.85.